The van der Waals surface area contributed by atoms with Crippen LogP contribution in [-0.4, -0.2) is 26.3 Å². The van der Waals surface area contributed by atoms with Crippen LogP contribution in [0.3, 0.4) is 0 Å². The molecule has 1 amide bonds. The zero-order valence-corrected chi connectivity index (χ0v) is 12.5. The van der Waals surface area contributed by atoms with E-state index in [0.717, 1.165) is 12.8 Å². The molecule has 0 atom stereocenters. The average Bonchev–Trinajstić information content (AvgIpc) is 3.18. The van der Waals surface area contributed by atoms with Crippen LogP contribution < -0.4 is 0 Å². The summed E-state index contributed by atoms with van der Waals surface area (Å²) < 4.78 is 41.5. The number of benzene rings is 1. The van der Waals surface area contributed by atoms with Gasteiger partial charge in [-0.3, -0.25) is 10.0 Å². The molecular weight excluding hydrogens is 327 g/mol. The first-order valence-electron chi connectivity index (χ1n) is 7.32. The number of hydrogen-bond acceptors (Lipinski definition) is 5. The van der Waals surface area contributed by atoms with Crippen molar-refractivity contribution in [3.8, 4) is 11.4 Å². The van der Waals surface area contributed by atoms with Crippen LogP contribution in [0.4, 0.5) is 13.2 Å². The van der Waals surface area contributed by atoms with Crippen molar-refractivity contribution in [2.45, 2.75) is 32.0 Å². The molecule has 1 heterocycles. The number of carbonyl (C=O) groups is 1. The molecule has 1 aromatic heterocycles. The van der Waals surface area contributed by atoms with E-state index in [1.165, 1.54) is 12.1 Å². The Bertz CT molecular complexity index is 724. The van der Waals surface area contributed by atoms with E-state index in [2.05, 4.69) is 14.7 Å². The molecule has 1 aromatic carbocycles. The molecule has 1 fully saturated rings. The summed E-state index contributed by atoms with van der Waals surface area (Å²) in [7, 11) is 0. The van der Waals surface area contributed by atoms with Crippen molar-refractivity contribution in [1.29, 1.82) is 0 Å². The van der Waals surface area contributed by atoms with Gasteiger partial charge in [-0.1, -0.05) is 29.4 Å². The lowest BCUT2D eigenvalue weighted by atomic mass is 10.1. The topological polar surface area (TPSA) is 79.5 Å². The molecule has 6 nitrogen and oxygen atoms in total. The summed E-state index contributed by atoms with van der Waals surface area (Å²) in [6.45, 7) is 0.00583. The van der Waals surface area contributed by atoms with E-state index < -0.39 is 12.1 Å². The second-order valence-electron chi connectivity index (χ2n) is 5.72. The molecule has 0 radical (unpaired) electrons. The number of rotatable bonds is 5. The zero-order chi connectivity index (χ0) is 17.3. The van der Waals surface area contributed by atoms with Crippen LogP contribution >= 0.6 is 0 Å². The quantitative estimate of drug-likeness (QED) is 0.667. The summed E-state index contributed by atoms with van der Waals surface area (Å²) in [6, 6.07) is 6.15. The summed E-state index contributed by atoms with van der Waals surface area (Å²) >= 11 is 0. The second kappa shape index (κ2) is 6.23. The molecule has 0 aliphatic heterocycles. The lowest BCUT2D eigenvalue weighted by Gasteiger charge is -2.14. The van der Waals surface area contributed by atoms with Gasteiger partial charge in [0.05, 0.1) is 6.54 Å². The standard InChI is InChI=1S/C15H14F3N3O3/c16-15(17,18)14-19-13(20-24-14)11-5-3-10(4-6-11)8-21(23)12(22)7-9-1-2-9/h3-6,9,23H,1-2,7-8H2. The Morgan fingerprint density at radius 3 is 2.50 bits per heavy atom. The molecule has 0 saturated heterocycles. The Hall–Kier alpha value is -2.42. The summed E-state index contributed by atoms with van der Waals surface area (Å²) in [5.41, 5.74) is 0.969. The fraction of sp³-hybridized carbons (Fsp3) is 0.400. The normalized spacial score (nSPS) is 14.7. The predicted molar refractivity (Wildman–Crippen MR) is 74.4 cm³/mol. The maximum Gasteiger partial charge on any atom is 0.471 e. The molecule has 0 unspecified atom stereocenters. The first-order valence-corrected chi connectivity index (χ1v) is 7.32. The molecule has 24 heavy (non-hydrogen) atoms. The summed E-state index contributed by atoms with van der Waals surface area (Å²) in [4.78, 5) is 15.0. The van der Waals surface area contributed by atoms with Gasteiger partial charge in [-0.25, -0.2) is 5.06 Å². The van der Waals surface area contributed by atoms with E-state index in [1.807, 2.05) is 0 Å². The zero-order valence-electron chi connectivity index (χ0n) is 12.5. The molecule has 1 aliphatic rings. The van der Waals surface area contributed by atoms with Crippen molar-refractivity contribution >= 4 is 5.91 Å². The van der Waals surface area contributed by atoms with Crippen LogP contribution in [0.1, 0.15) is 30.7 Å². The van der Waals surface area contributed by atoms with Crippen molar-refractivity contribution in [2.24, 2.45) is 5.92 Å². The van der Waals surface area contributed by atoms with Crippen LogP contribution in [0.15, 0.2) is 28.8 Å². The number of amides is 1. The smallest absolute Gasteiger partial charge is 0.329 e. The van der Waals surface area contributed by atoms with Crippen molar-refractivity contribution in [3.05, 3.63) is 35.7 Å². The first-order chi connectivity index (χ1) is 11.3. The van der Waals surface area contributed by atoms with Gasteiger partial charge in [0, 0.05) is 12.0 Å². The van der Waals surface area contributed by atoms with E-state index in [0.29, 0.717) is 28.5 Å². The Morgan fingerprint density at radius 1 is 1.29 bits per heavy atom. The van der Waals surface area contributed by atoms with Crippen LogP contribution in [0.2, 0.25) is 0 Å². The maximum absolute atomic E-state index is 12.4. The molecule has 1 aliphatic carbocycles. The Labute approximate surface area is 134 Å². The van der Waals surface area contributed by atoms with Gasteiger partial charge in [-0.15, -0.1) is 0 Å². The van der Waals surface area contributed by atoms with Gasteiger partial charge >= 0.3 is 12.1 Å². The molecule has 1 saturated carbocycles. The highest BCUT2D eigenvalue weighted by Crippen LogP contribution is 2.33. The third-order valence-electron chi connectivity index (χ3n) is 3.66. The SMILES string of the molecule is O=C(CC1CC1)N(O)Cc1ccc(-c2noc(C(F)(F)F)n2)cc1. The predicted octanol–water partition coefficient (Wildman–Crippen LogP) is 3.27. The molecule has 0 bridgehead atoms. The minimum Gasteiger partial charge on any atom is -0.329 e. The minimum absolute atomic E-state index is 0.00583. The third kappa shape index (κ3) is 3.91. The third-order valence-corrected chi connectivity index (χ3v) is 3.66. The number of alkyl halides is 3. The van der Waals surface area contributed by atoms with Gasteiger partial charge in [0.1, 0.15) is 0 Å². The van der Waals surface area contributed by atoms with E-state index in [-0.39, 0.29) is 18.3 Å². The van der Waals surface area contributed by atoms with Crippen molar-refractivity contribution in [3.63, 3.8) is 0 Å². The van der Waals surface area contributed by atoms with Gasteiger partial charge < -0.3 is 4.52 Å². The molecule has 3 rings (SSSR count). The van der Waals surface area contributed by atoms with E-state index in [9.17, 15) is 23.2 Å². The van der Waals surface area contributed by atoms with E-state index in [1.54, 1.807) is 12.1 Å². The number of hydrogen-bond donors (Lipinski definition) is 1. The summed E-state index contributed by atoms with van der Waals surface area (Å²) in [5, 5.41) is 13.7. The largest absolute Gasteiger partial charge is 0.471 e. The van der Waals surface area contributed by atoms with Crippen molar-refractivity contribution < 1.29 is 27.7 Å². The van der Waals surface area contributed by atoms with Gasteiger partial charge in [0.2, 0.25) is 11.7 Å². The number of carbonyl (C=O) groups excluding carboxylic acids is 1. The Balaban J connectivity index is 1.64. The molecule has 0 spiro atoms. The first kappa shape index (κ1) is 16.4. The van der Waals surface area contributed by atoms with Crippen LogP contribution in [0.25, 0.3) is 11.4 Å². The van der Waals surface area contributed by atoms with E-state index >= 15 is 0 Å². The van der Waals surface area contributed by atoms with Gasteiger partial charge in [-0.2, -0.15) is 18.2 Å². The molecular formula is C15H14F3N3O3. The molecule has 128 valence electrons. The monoisotopic (exact) mass is 341 g/mol. The van der Waals surface area contributed by atoms with E-state index in [4.69, 9.17) is 0 Å². The van der Waals surface area contributed by atoms with Crippen LogP contribution in [-0.2, 0) is 17.5 Å². The number of aromatic nitrogens is 2. The van der Waals surface area contributed by atoms with Crippen molar-refractivity contribution in [1.82, 2.24) is 15.2 Å². The summed E-state index contributed by atoms with van der Waals surface area (Å²) in [5.74, 6) is -1.56. The Kier molecular flexibility index (Phi) is 4.27. The lowest BCUT2D eigenvalue weighted by Crippen LogP contribution is -2.27. The fourth-order valence-electron chi connectivity index (χ4n) is 2.15. The molecule has 1 N–H and O–H groups in total. The number of halogens is 3. The number of hydroxylamine groups is 2. The second-order valence-corrected chi connectivity index (χ2v) is 5.72. The fourth-order valence-corrected chi connectivity index (χ4v) is 2.15. The highest BCUT2D eigenvalue weighted by molar-refractivity contribution is 5.75. The van der Waals surface area contributed by atoms with Gasteiger partial charge in [0.25, 0.3) is 0 Å². The van der Waals surface area contributed by atoms with Crippen molar-refractivity contribution in [2.75, 3.05) is 0 Å². The highest BCUT2D eigenvalue weighted by atomic mass is 19.4. The molecule has 9 heteroatoms. The van der Waals surface area contributed by atoms with Crippen LogP contribution in [0.5, 0.6) is 0 Å². The Morgan fingerprint density at radius 2 is 1.96 bits per heavy atom. The van der Waals surface area contributed by atoms with Gasteiger partial charge in [0.15, 0.2) is 0 Å². The number of nitrogens with zero attached hydrogens (tertiary/aromatic N) is 3. The highest BCUT2D eigenvalue weighted by Gasteiger charge is 2.38. The van der Waals surface area contributed by atoms with Crippen LogP contribution in [0, 0.1) is 5.92 Å². The lowest BCUT2D eigenvalue weighted by molar-refractivity contribution is -0.168. The maximum atomic E-state index is 12.4. The molecule has 2 aromatic rings. The average molecular weight is 341 g/mol. The summed E-state index contributed by atoms with van der Waals surface area (Å²) in [6.07, 6.45) is -2.33. The minimum atomic E-state index is -4.69. The van der Waals surface area contributed by atoms with Gasteiger partial charge in [-0.05, 0) is 24.3 Å².